The summed E-state index contributed by atoms with van der Waals surface area (Å²) in [6, 6.07) is 1.22. The molecule has 3 nitrogen and oxygen atoms in total. The van der Waals surface area contributed by atoms with Crippen molar-refractivity contribution < 1.29 is 27.1 Å². The molecule has 0 aromatic carbocycles. The molecule has 0 unspecified atom stereocenters. The molecule has 1 aromatic heterocycles. The first-order chi connectivity index (χ1) is 7.82. The Labute approximate surface area is 92.1 Å². The first kappa shape index (κ1) is 13.3. The van der Waals surface area contributed by atoms with Gasteiger partial charge in [0.25, 0.3) is 6.43 Å². The summed E-state index contributed by atoms with van der Waals surface area (Å²) in [6.07, 6.45) is -8.00. The summed E-state index contributed by atoms with van der Waals surface area (Å²) in [5, 5.41) is 17.1. The van der Waals surface area contributed by atoms with Crippen molar-refractivity contribution in [1.29, 1.82) is 5.26 Å². The Morgan fingerprint density at radius 2 is 2.00 bits per heavy atom. The molecule has 0 radical (unpaired) electrons. The average Bonchev–Trinajstić information content (AvgIpc) is 2.25. The van der Waals surface area contributed by atoms with Gasteiger partial charge in [0.15, 0.2) is 0 Å². The Balaban J connectivity index is 3.67. The minimum absolute atomic E-state index is 0.586. The molecule has 1 aromatic rings. The second kappa shape index (κ2) is 4.63. The topological polar surface area (TPSA) is 56.9 Å². The van der Waals surface area contributed by atoms with E-state index in [9.17, 15) is 22.0 Å². The molecular weight excluding hydrogens is 247 g/mol. The van der Waals surface area contributed by atoms with Crippen LogP contribution in [0.3, 0.4) is 0 Å². The van der Waals surface area contributed by atoms with E-state index >= 15 is 0 Å². The number of nitrogens with zero attached hydrogens (tertiary/aromatic N) is 2. The van der Waals surface area contributed by atoms with E-state index in [-0.39, 0.29) is 0 Å². The lowest BCUT2D eigenvalue weighted by molar-refractivity contribution is -0.141. The predicted molar refractivity (Wildman–Crippen MR) is 44.8 cm³/mol. The number of aliphatic hydroxyl groups excluding tert-OH is 1. The van der Waals surface area contributed by atoms with Crippen LogP contribution >= 0.6 is 0 Å². The van der Waals surface area contributed by atoms with Crippen LogP contribution in [-0.2, 0) is 12.8 Å². The third-order valence-electron chi connectivity index (χ3n) is 1.97. The summed E-state index contributed by atoms with van der Waals surface area (Å²) in [5.74, 6) is 0. The standard InChI is InChI=1S/C9H5F5N2O/c10-8(11)6-4(1-15)2-16-5(3-17)7(6)9(12,13)14/h2,8,17H,3H2. The van der Waals surface area contributed by atoms with Crippen LogP contribution < -0.4 is 0 Å². The Morgan fingerprint density at radius 1 is 1.41 bits per heavy atom. The van der Waals surface area contributed by atoms with Gasteiger partial charge in [-0.05, 0) is 0 Å². The predicted octanol–water partition coefficient (Wildman–Crippen LogP) is 2.40. The van der Waals surface area contributed by atoms with Gasteiger partial charge in [0.1, 0.15) is 6.07 Å². The quantitative estimate of drug-likeness (QED) is 0.822. The molecule has 0 aliphatic rings. The van der Waals surface area contributed by atoms with Gasteiger partial charge in [-0.25, -0.2) is 8.78 Å². The molecule has 17 heavy (non-hydrogen) atoms. The largest absolute Gasteiger partial charge is 0.418 e. The molecule has 0 atom stereocenters. The van der Waals surface area contributed by atoms with E-state index in [1.807, 2.05) is 0 Å². The second-order valence-corrected chi connectivity index (χ2v) is 2.98. The highest BCUT2D eigenvalue weighted by atomic mass is 19.4. The average molecular weight is 252 g/mol. The summed E-state index contributed by atoms with van der Waals surface area (Å²) < 4.78 is 62.9. The third kappa shape index (κ3) is 2.50. The van der Waals surface area contributed by atoms with E-state index in [1.165, 1.54) is 6.07 Å². The van der Waals surface area contributed by atoms with Gasteiger partial charge in [0, 0.05) is 6.20 Å². The molecule has 0 aliphatic carbocycles. The van der Waals surface area contributed by atoms with Crippen LogP contribution in [0.4, 0.5) is 22.0 Å². The van der Waals surface area contributed by atoms with Gasteiger partial charge in [0.05, 0.1) is 29.0 Å². The molecule has 0 saturated heterocycles. The number of hydrogen-bond donors (Lipinski definition) is 1. The number of pyridine rings is 1. The molecule has 0 amide bonds. The molecule has 0 bridgehead atoms. The molecule has 8 heteroatoms. The van der Waals surface area contributed by atoms with E-state index in [1.54, 1.807) is 0 Å². The van der Waals surface area contributed by atoms with E-state index < -0.39 is 41.6 Å². The number of halogens is 5. The van der Waals surface area contributed by atoms with E-state index in [2.05, 4.69) is 4.98 Å². The Kier molecular flexibility index (Phi) is 3.63. The Hall–Kier alpha value is -1.75. The van der Waals surface area contributed by atoms with Gasteiger partial charge in [-0.1, -0.05) is 0 Å². The molecule has 1 heterocycles. The van der Waals surface area contributed by atoms with Crippen LogP contribution in [-0.4, -0.2) is 10.1 Å². The van der Waals surface area contributed by atoms with Crippen LogP contribution in [0, 0.1) is 11.3 Å². The summed E-state index contributed by atoms with van der Waals surface area (Å²) in [6.45, 7) is -1.14. The van der Waals surface area contributed by atoms with E-state index in [4.69, 9.17) is 10.4 Å². The Morgan fingerprint density at radius 3 is 2.35 bits per heavy atom. The summed E-state index contributed by atoms with van der Waals surface area (Å²) in [5.41, 5.74) is -4.97. The fourth-order valence-electron chi connectivity index (χ4n) is 1.32. The third-order valence-corrected chi connectivity index (χ3v) is 1.97. The number of nitriles is 1. The van der Waals surface area contributed by atoms with Crippen molar-refractivity contribution in [2.24, 2.45) is 0 Å². The van der Waals surface area contributed by atoms with Crippen LogP contribution in [0.5, 0.6) is 0 Å². The normalized spacial score (nSPS) is 11.6. The van der Waals surface area contributed by atoms with Crippen LogP contribution in [0.2, 0.25) is 0 Å². The lowest BCUT2D eigenvalue weighted by Crippen LogP contribution is -2.16. The van der Waals surface area contributed by atoms with Crippen LogP contribution in [0.15, 0.2) is 6.20 Å². The van der Waals surface area contributed by atoms with Crippen LogP contribution in [0.25, 0.3) is 0 Å². The molecule has 1 rings (SSSR count). The van der Waals surface area contributed by atoms with Crippen molar-refractivity contribution in [2.75, 3.05) is 0 Å². The zero-order valence-corrected chi connectivity index (χ0v) is 8.09. The minimum atomic E-state index is -5.11. The number of hydrogen-bond acceptors (Lipinski definition) is 3. The van der Waals surface area contributed by atoms with Crippen molar-refractivity contribution in [3.05, 3.63) is 28.6 Å². The number of aliphatic hydroxyl groups is 1. The van der Waals surface area contributed by atoms with Crippen molar-refractivity contribution in [1.82, 2.24) is 4.98 Å². The van der Waals surface area contributed by atoms with Crippen molar-refractivity contribution in [2.45, 2.75) is 19.2 Å². The van der Waals surface area contributed by atoms with Gasteiger partial charge >= 0.3 is 6.18 Å². The summed E-state index contributed by atoms with van der Waals surface area (Å²) in [7, 11) is 0. The highest BCUT2D eigenvalue weighted by Gasteiger charge is 2.40. The highest BCUT2D eigenvalue weighted by Crippen LogP contribution is 2.39. The fraction of sp³-hybridized carbons (Fsp3) is 0.333. The first-order valence-corrected chi connectivity index (χ1v) is 4.21. The maximum Gasteiger partial charge on any atom is 0.418 e. The van der Waals surface area contributed by atoms with E-state index in [0.29, 0.717) is 6.20 Å². The number of alkyl halides is 5. The van der Waals surface area contributed by atoms with Crippen LogP contribution in [0.1, 0.15) is 28.8 Å². The molecule has 92 valence electrons. The van der Waals surface area contributed by atoms with Gasteiger partial charge in [0.2, 0.25) is 0 Å². The second-order valence-electron chi connectivity index (χ2n) is 2.98. The zero-order chi connectivity index (χ0) is 13.2. The Bertz CT molecular complexity index is 464. The fourth-order valence-corrected chi connectivity index (χ4v) is 1.32. The molecule has 0 saturated carbocycles. The van der Waals surface area contributed by atoms with Crippen molar-refractivity contribution >= 4 is 0 Å². The van der Waals surface area contributed by atoms with Gasteiger partial charge < -0.3 is 5.11 Å². The highest BCUT2D eigenvalue weighted by molar-refractivity contribution is 5.45. The van der Waals surface area contributed by atoms with Gasteiger partial charge in [-0.3, -0.25) is 4.98 Å². The zero-order valence-electron chi connectivity index (χ0n) is 8.09. The number of rotatable bonds is 2. The molecule has 1 N–H and O–H groups in total. The maximum atomic E-state index is 12.6. The van der Waals surface area contributed by atoms with Crippen molar-refractivity contribution in [3.63, 3.8) is 0 Å². The summed E-state index contributed by atoms with van der Waals surface area (Å²) >= 11 is 0. The molecule has 0 aliphatic heterocycles. The number of aromatic nitrogens is 1. The lowest BCUT2D eigenvalue weighted by atomic mass is 10.0. The summed E-state index contributed by atoms with van der Waals surface area (Å²) in [4.78, 5) is 3.15. The van der Waals surface area contributed by atoms with Gasteiger partial charge in [-0.2, -0.15) is 18.4 Å². The minimum Gasteiger partial charge on any atom is -0.390 e. The smallest absolute Gasteiger partial charge is 0.390 e. The maximum absolute atomic E-state index is 12.6. The molecule has 0 fully saturated rings. The van der Waals surface area contributed by atoms with E-state index in [0.717, 1.165) is 0 Å². The lowest BCUT2D eigenvalue weighted by Gasteiger charge is -2.16. The van der Waals surface area contributed by atoms with Crippen molar-refractivity contribution in [3.8, 4) is 6.07 Å². The first-order valence-electron chi connectivity index (χ1n) is 4.21. The molecular formula is C9H5F5N2O. The van der Waals surface area contributed by atoms with Gasteiger partial charge in [-0.15, -0.1) is 0 Å². The monoisotopic (exact) mass is 252 g/mol. The molecule has 0 spiro atoms. The SMILES string of the molecule is N#Cc1cnc(CO)c(C(F)(F)F)c1C(F)F.